The minimum Gasteiger partial charge on any atom is -0.395 e. The summed E-state index contributed by atoms with van der Waals surface area (Å²) in [5, 5.41) is 7.65. The van der Waals surface area contributed by atoms with Crippen molar-refractivity contribution in [3.8, 4) is 0 Å². The van der Waals surface area contributed by atoms with Gasteiger partial charge in [-0.15, -0.1) is 0 Å². The highest BCUT2D eigenvalue weighted by molar-refractivity contribution is 7.93. The molecule has 1 heterocycles. The zero-order chi connectivity index (χ0) is 14.0. The van der Waals surface area contributed by atoms with Crippen molar-refractivity contribution in [2.24, 2.45) is 0 Å². The first kappa shape index (κ1) is 14.7. The lowest BCUT2D eigenvalue weighted by Gasteiger charge is -2.12. The van der Waals surface area contributed by atoms with Gasteiger partial charge in [-0.05, 0) is 19.1 Å². The third kappa shape index (κ3) is 3.57. The molecule has 0 saturated carbocycles. The van der Waals surface area contributed by atoms with E-state index in [0.717, 1.165) is 12.3 Å². The zero-order valence-corrected chi connectivity index (χ0v) is 10.1. The minimum absolute atomic E-state index is 0.0942. The predicted molar refractivity (Wildman–Crippen MR) is 58.3 cm³/mol. The van der Waals surface area contributed by atoms with Gasteiger partial charge in [-0.1, -0.05) is 0 Å². The number of nitrogens with one attached hydrogen (secondary N) is 1. The quantitative estimate of drug-likeness (QED) is 0.871. The molecule has 0 bridgehead atoms. The number of rotatable bonds is 4. The van der Waals surface area contributed by atoms with Gasteiger partial charge in [0, 0.05) is 0 Å². The van der Waals surface area contributed by atoms with Crippen molar-refractivity contribution in [2.45, 2.75) is 18.3 Å². The molecule has 0 amide bonds. The van der Waals surface area contributed by atoms with Gasteiger partial charge in [0.05, 0.1) is 18.5 Å². The lowest BCUT2D eigenvalue weighted by molar-refractivity contribution is -0.141. The summed E-state index contributed by atoms with van der Waals surface area (Å²) in [6.07, 6.45) is -3.81. The molecule has 18 heavy (non-hydrogen) atoms. The first-order chi connectivity index (χ1) is 8.16. The molecule has 9 heteroatoms. The largest absolute Gasteiger partial charge is 0.433 e. The van der Waals surface area contributed by atoms with Gasteiger partial charge in [0.2, 0.25) is 10.0 Å². The van der Waals surface area contributed by atoms with Crippen LogP contribution in [0.25, 0.3) is 0 Å². The molecule has 0 aliphatic rings. The number of anilines is 1. The van der Waals surface area contributed by atoms with E-state index in [1.54, 1.807) is 0 Å². The predicted octanol–water partition coefficient (Wildman–Crippen LogP) is 1.22. The van der Waals surface area contributed by atoms with E-state index in [2.05, 4.69) is 4.98 Å². The Kier molecular flexibility index (Phi) is 4.17. The number of aliphatic hydroxyl groups excluding tert-OH is 1. The Morgan fingerprint density at radius 3 is 2.44 bits per heavy atom. The van der Waals surface area contributed by atoms with Gasteiger partial charge in [0.25, 0.3) is 0 Å². The number of aliphatic hydroxyl groups is 1. The third-order valence-corrected chi connectivity index (χ3v) is 3.83. The maximum absolute atomic E-state index is 12.2. The molecule has 0 saturated heterocycles. The average Bonchev–Trinajstić information content (AvgIpc) is 2.26. The molecule has 0 spiro atoms. The van der Waals surface area contributed by atoms with Crippen LogP contribution in [0.1, 0.15) is 12.6 Å². The van der Waals surface area contributed by atoms with Gasteiger partial charge in [0.15, 0.2) is 0 Å². The second-order valence-corrected chi connectivity index (χ2v) is 5.67. The first-order valence-electron chi connectivity index (χ1n) is 4.82. The molecular formula is C9H11F3N2O3S. The lowest BCUT2D eigenvalue weighted by Crippen LogP contribution is -2.28. The smallest absolute Gasteiger partial charge is 0.395 e. The Balaban J connectivity index is 2.89. The number of halogens is 3. The highest BCUT2D eigenvalue weighted by Crippen LogP contribution is 2.27. The van der Waals surface area contributed by atoms with E-state index in [1.165, 1.54) is 6.92 Å². The fourth-order valence-corrected chi connectivity index (χ4v) is 1.83. The SMILES string of the molecule is CC(CO)S(=O)(=O)Nc1ccc(C(F)(F)F)nc1. The summed E-state index contributed by atoms with van der Waals surface area (Å²) in [5.74, 6) is 0. The average molecular weight is 284 g/mol. The highest BCUT2D eigenvalue weighted by Gasteiger charge is 2.32. The van der Waals surface area contributed by atoms with Gasteiger partial charge in [-0.2, -0.15) is 13.2 Å². The Morgan fingerprint density at radius 2 is 2.06 bits per heavy atom. The number of nitrogens with zero attached hydrogens (tertiary/aromatic N) is 1. The van der Waals surface area contributed by atoms with Crippen LogP contribution in [0.5, 0.6) is 0 Å². The number of hydrogen-bond acceptors (Lipinski definition) is 4. The van der Waals surface area contributed by atoms with Crippen molar-refractivity contribution in [1.82, 2.24) is 4.98 Å². The zero-order valence-electron chi connectivity index (χ0n) is 9.27. The minimum atomic E-state index is -4.57. The van der Waals surface area contributed by atoms with Crippen molar-refractivity contribution < 1.29 is 26.7 Å². The number of hydrogen-bond donors (Lipinski definition) is 2. The van der Waals surface area contributed by atoms with E-state index < -0.39 is 33.8 Å². The van der Waals surface area contributed by atoms with E-state index in [1.807, 2.05) is 4.72 Å². The molecule has 0 aromatic carbocycles. The Bertz CT molecular complexity index is 499. The topological polar surface area (TPSA) is 79.3 Å². The fourth-order valence-electron chi connectivity index (χ4n) is 0.985. The van der Waals surface area contributed by atoms with Crippen molar-refractivity contribution in [3.63, 3.8) is 0 Å². The lowest BCUT2D eigenvalue weighted by atomic mass is 10.3. The van der Waals surface area contributed by atoms with Gasteiger partial charge in [-0.25, -0.2) is 13.4 Å². The van der Waals surface area contributed by atoms with Gasteiger partial charge >= 0.3 is 6.18 Å². The second kappa shape index (κ2) is 5.11. The molecule has 1 rings (SSSR count). The summed E-state index contributed by atoms with van der Waals surface area (Å²) in [4.78, 5) is 3.10. The fraction of sp³-hybridized carbons (Fsp3) is 0.444. The van der Waals surface area contributed by atoms with Crippen LogP contribution in [0.2, 0.25) is 0 Å². The maximum Gasteiger partial charge on any atom is 0.433 e. The molecule has 1 aromatic heterocycles. The van der Waals surface area contributed by atoms with Crippen LogP contribution < -0.4 is 4.72 Å². The number of alkyl halides is 3. The number of aromatic nitrogens is 1. The van der Waals surface area contributed by atoms with E-state index >= 15 is 0 Å². The summed E-state index contributed by atoms with van der Waals surface area (Å²) in [6.45, 7) is 0.670. The molecule has 0 fully saturated rings. The highest BCUT2D eigenvalue weighted by atomic mass is 32.2. The first-order valence-corrected chi connectivity index (χ1v) is 6.37. The summed E-state index contributed by atoms with van der Waals surface area (Å²) in [5.41, 5.74) is -1.20. The monoisotopic (exact) mass is 284 g/mol. The summed E-state index contributed by atoms with van der Waals surface area (Å²) < 4.78 is 61.6. The van der Waals surface area contributed by atoms with E-state index in [4.69, 9.17) is 5.11 Å². The van der Waals surface area contributed by atoms with Gasteiger partial charge in [0.1, 0.15) is 10.9 Å². The van der Waals surface area contributed by atoms with Crippen LogP contribution in [-0.4, -0.2) is 30.4 Å². The maximum atomic E-state index is 12.2. The van der Waals surface area contributed by atoms with Crippen molar-refractivity contribution in [2.75, 3.05) is 11.3 Å². The molecule has 102 valence electrons. The second-order valence-electron chi connectivity index (χ2n) is 3.57. The standard InChI is InChI=1S/C9H11F3N2O3S/c1-6(5-15)18(16,17)14-7-2-3-8(13-4-7)9(10,11)12/h2-4,6,14-15H,5H2,1H3. The molecule has 1 unspecified atom stereocenters. The molecule has 0 aliphatic carbocycles. The molecule has 1 atom stereocenters. The summed E-state index contributed by atoms with van der Waals surface area (Å²) in [6, 6.07) is 1.62. The number of pyridine rings is 1. The van der Waals surface area contributed by atoms with Crippen molar-refractivity contribution in [1.29, 1.82) is 0 Å². The van der Waals surface area contributed by atoms with Crippen molar-refractivity contribution in [3.05, 3.63) is 24.0 Å². The van der Waals surface area contributed by atoms with Crippen LogP contribution in [0.15, 0.2) is 18.3 Å². The Hall–Kier alpha value is -1.35. The van der Waals surface area contributed by atoms with Crippen molar-refractivity contribution >= 4 is 15.7 Å². The van der Waals surface area contributed by atoms with Gasteiger partial charge < -0.3 is 5.11 Å². The molecule has 2 N–H and O–H groups in total. The molecular weight excluding hydrogens is 273 g/mol. The summed E-state index contributed by atoms with van der Waals surface area (Å²) in [7, 11) is -3.83. The molecule has 1 aromatic rings. The van der Waals surface area contributed by atoms with Crippen LogP contribution >= 0.6 is 0 Å². The Morgan fingerprint density at radius 1 is 1.44 bits per heavy atom. The van der Waals surface area contributed by atoms with Crippen LogP contribution in [0, 0.1) is 0 Å². The van der Waals surface area contributed by atoms with Crippen LogP contribution in [-0.2, 0) is 16.2 Å². The molecule has 0 radical (unpaired) electrons. The van der Waals surface area contributed by atoms with Crippen LogP contribution in [0.3, 0.4) is 0 Å². The van der Waals surface area contributed by atoms with E-state index in [-0.39, 0.29) is 5.69 Å². The molecule has 0 aliphatic heterocycles. The third-order valence-electron chi connectivity index (χ3n) is 2.10. The van der Waals surface area contributed by atoms with Crippen LogP contribution in [0.4, 0.5) is 18.9 Å². The normalized spacial score (nSPS) is 14.3. The van der Waals surface area contributed by atoms with E-state index in [0.29, 0.717) is 6.07 Å². The van der Waals surface area contributed by atoms with E-state index in [9.17, 15) is 21.6 Å². The Labute approximate surface area is 102 Å². The molecule has 5 nitrogen and oxygen atoms in total. The summed E-state index contributed by atoms with van der Waals surface area (Å²) >= 11 is 0. The number of sulfonamides is 1. The van der Waals surface area contributed by atoms with Gasteiger partial charge in [-0.3, -0.25) is 4.72 Å².